The fraction of sp³-hybridized carbons (Fsp3) is 0.462. The van der Waals surface area contributed by atoms with Gasteiger partial charge in [-0.3, -0.25) is 4.79 Å². The molecule has 0 saturated carbocycles. The van der Waals surface area contributed by atoms with Crippen molar-refractivity contribution in [3.63, 3.8) is 0 Å². The van der Waals surface area contributed by atoms with Crippen LogP contribution >= 0.6 is 0 Å². The van der Waals surface area contributed by atoms with E-state index in [0.29, 0.717) is 35.8 Å². The van der Waals surface area contributed by atoms with E-state index in [-0.39, 0.29) is 36.6 Å². The number of carbonyl (C=O) groups excluding carboxylic acids is 2. The van der Waals surface area contributed by atoms with Gasteiger partial charge in [-0.1, -0.05) is 13.0 Å². The number of aliphatic hydroxyl groups is 1. The second-order valence-corrected chi connectivity index (χ2v) is 9.21. The number of rotatable bonds is 7. The van der Waals surface area contributed by atoms with Crippen LogP contribution < -0.4 is 19.7 Å². The highest BCUT2D eigenvalue weighted by molar-refractivity contribution is 5.99. The highest BCUT2D eigenvalue weighted by Gasteiger charge is 2.35. The number of ether oxygens (including phenoxy) is 2. The Morgan fingerprint density at radius 2 is 1.91 bits per heavy atom. The van der Waals surface area contributed by atoms with Crippen molar-refractivity contribution in [1.29, 1.82) is 0 Å². The maximum atomic E-state index is 13.4. The van der Waals surface area contributed by atoms with E-state index in [1.807, 2.05) is 45.0 Å². The predicted octanol–water partition coefficient (Wildman–Crippen LogP) is 3.15. The number of amides is 3. The van der Waals surface area contributed by atoms with Crippen molar-refractivity contribution in [2.75, 3.05) is 58.2 Å². The zero-order valence-corrected chi connectivity index (χ0v) is 21.3. The molecule has 35 heavy (non-hydrogen) atoms. The number of anilines is 2. The highest BCUT2D eigenvalue weighted by Crippen LogP contribution is 2.36. The minimum absolute atomic E-state index is 0.104. The first kappa shape index (κ1) is 26.2. The summed E-state index contributed by atoms with van der Waals surface area (Å²) in [6.07, 6.45) is -0.386. The molecule has 0 bridgehead atoms. The molecular formula is C26H36N4O5. The van der Waals surface area contributed by atoms with Gasteiger partial charge in [0.2, 0.25) is 0 Å². The molecule has 0 aromatic heterocycles. The number of hydrogen-bond acceptors (Lipinski definition) is 6. The van der Waals surface area contributed by atoms with Gasteiger partial charge in [0.25, 0.3) is 5.91 Å². The summed E-state index contributed by atoms with van der Waals surface area (Å²) in [6.45, 7) is 4.38. The first-order valence-electron chi connectivity index (χ1n) is 11.7. The summed E-state index contributed by atoms with van der Waals surface area (Å²) in [6, 6.07) is 12.0. The number of nitrogens with one attached hydrogen (secondary N) is 1. The van der Waals surface area contributed by atoms with E-state index in [1.54, 1.807) is 54.3 Å². The van der Waals surface area contributed by atoms with Gasteiger partial charge in [0.05, 0.1) is 37.6 Å². The monoisotopic (exact) mass is 484 g/mol. The van der Waals surface area contributed by atoms with Crippen molar-refractivity contribution < 1.29 is 24.2 Å². The number of urea groups is 1. The summed E-state index contributed by atoms with van der Waals surface area (Å²) in [7, 11) is 7.09. The van der Waals surface area contributed by atoms with Gasteiger partial charge in [-0.25, -0.2) is 4.79 Å². The predicted molar refractivity (Wildman–Crippen MR) is 137 cm³/mol. The van der Waals surface area contributed by atoms with Crippen LogP contribution in [-0.2, 0) is 0 Å². The average molecular weight is 485 g/mol. The Bertz CT molecular complexity index is 1030. The molecule has 9 heteroatoms. The summed E-state index contributed by atoms with van der Waals surface area (Å²) >= 11 is 0. The molecule has 1 aliphatic rings. The van der Waals surface area contributed by atoms with Crippen molar-refractivity contribution in [3.05, 3.63) is 48.0 Å². The lowest BCUT2D eigenvalue weighted by molar-refractivity contribution is 0.0372. The maximum absolute atomic E-state index is 13.4. The standard InChI is InChI=1S/C26H36N4O5/c1-17-14-30(18(2)16-31)25(32)21-8-7-9-22(28(3)4)24(21)35-23(17)15-29(5)26(33)27-19-10-12-20(34-6)13-11-19/h7-13,17-18,23,31H,14-16H2,1-6H3,(H,27,33)/t17-,18-,23-/m1/s1. The minimum atomic E-state index is -0.386. The lowest BCUT2D eigenvalue weighted by Gasteiger charge is -2.39. The van der Waals surface area contributed by atoms with Crippen LogP contribution in [0.5, 0.6) is 11.5 Å². The van der Waals surface area contributed by atoms with Crippen LogP contribution in [-0.4, -0.2) is 86.9 Å². The largest absolute Gasteiger partial charge is 0.497 e. The highest BCUT2D eigenvalue weighted by atomic mass is 16.5. The van der Waals surface area contributed by atoms with Crippen LogP contribution in [0.15, 0.2) is 42.5 Å². The second-order valence-electron chi connectivity index (χ2n) is 9.21. The van der Waals surface area contributed by atoms with E-state index in [9.17, 15) is 14.7 Å². The summed E-state index contributed by atoms with van der Waals surface area (Å²) in [4.78, 5) is 31.5. The Morgan fingerprint density at radius 3 is 2.51 bits per heavy atom. The molecule has 0 aliphatic carbocycles. The van der Waals surface area contributed by atoms with E-state index < -0.39 is 0 Å². The molecule has 3 atom stereocenters. The Hall–Kier alpha value is -3.46. The number of methoxy groups -OCH3 is 1. The summed E-state index contributed by atoms with van der Waals surface area (Å²) in [5.74, 6) is 0.909. The third kappa shape index (κ3) is 5.97. The zero-order valence-electron chi connectivity index (χ0n) is 21.3. The van der Waals surface area contributed by atoms with E-state index in [2.05, 4.69) is 5.32 Å². The third-order valence-corrected chi connectivity index (χ3v) is 6.29. The van der Waals surface area contributed by atoms with Crippen molar-refractivity contribution in [2.24, 2.45) is 5.92 Å². The molecule has 2 aromatic rings. The van der Waals surface area contributed by atoms with E-state index in [4.69, 9.17) is 9.47 Å². The van der Waals surface area contributed by atoms with Crippen molar-refractivity contribution in [1.82, 2.24) is 9.80 Å². The number of hydrogen-bond donors (Lipinski definition) is 2. The smallest absolute Gasteiger partial charge is 0.321 e. The van der Waals surface area contributed by atoms with Crippen molar-refractivity contribution in [3.8, 4) is 11.5 Å². The molecular weight excluding hydrogens is 448 g/mol. The summed E-state index contributed by atoms with van der Waals surface area (Å²) < 4.78 is 11.7. The van der Waals surface area contributed by atoms with Crippen LogP contribution in [0.2, 0.25) is 0 Å². The Morgan fingerprint density at radius 1 is 1.23 bits per heavy atom. The number of para-hydroxylation sites is 1. The van der Waals surface area contributed by atoms with Gasteiger partial charge in [-0.2, -0.15) is 0 Å². The van der Waals surface area contributed by atoms with Gasteiger partial charge >= 0.3 is 6.03 Å². The summed E-state index contributed by atoms with van der Waals surface area (Å²) in [5, 5.41) is 12.7. The van der Waals surface area contributed by atoms with Gasteiger partial charge < -0.3 is 34.6 Å². The molecule has 0 radical (unpaired) electrons. The van der Waals surface area contributed by atoms with Crippen LogP contribution in [0, 0.1) is 5.92 Å². The topological polar surface area (TPSA) is 94.6 Å². The molecule has 0 spiro atoms. The van der Waals surface area contributed by atoms with Crippen molar-refractivity contribution >= 4 is 23.3 Å². The summed E-state index contributed by atoms with van der Waals surface area (Å²) in [5.41, 5.74) is 1.87. The maximum Gasteiger partial charge on any atom is 0.321 e. The van der Waals surface area contributed by atoms with Gasteiger partial charge in [0, 0.05) is 39.3 Å². The number of benzene rings is 2. The minimum Gasteiger partial charge on any atom is -0.497 e. The van der Waals surface area contributed by atoms with Gasteiger partial charge in [-0.05, 0) is 43.3 Å². The molecule has 0 fully saturated rings. The number of nitrogens with zero attached hydrogens (tertiary/aromatic N) is 3. The van der Waals surface area contributed by atoms with Gasteiger partial charge in [-0.15, -0.1) is 0 Å². The molecule has 3 amide bonds. The Labute approximate surface area is 207 Å². The number of fused-ring (bicyclic) bond motifs is 1. The molecule has 9 nitrogen and oxygen atoms in total. The second kappa shape index (κ2) is 11.3. The first-order valence-corrected chi connectivity index (χ1v) is 11.7. The van der Waals surface area contributed by atoms with Crippen LogP contribution in [0.4, 0.5) is 16.2 Å². The lowest BCUT2D eigenvalue weighted by Crippen LogP contribution is -2.50. The fourth-order valence-corrected chi connectivity index (χ4v) is 4.04. The molecule has 190 valence electrons. The van der Waals surface area contributed by atoms with Crippen LogP contribution in [0.3, 0.4) is 0 Å². The van der Waals surface area contributed by atoms with E-state index >= 15 is 0 Å². The zero-order chi connectivity index (χ0) is 25.7. The normalized spacial score (nSPS) is 18.5. The molecule has 1 aliphatic heterocycles. The van der Waals surface area contributed by atoms with Gasteiger partial charge in [0.1, 0.15) is 11.9 Å². The Balaban J connectivity index is 1.87. The SMILES string of the molecule is COc1ccc(NC(=O)N(C)C[C@H]2Oc3c(cccc3N(C)C)C(=O)N([C@H](C)CO)C[C@H]2C)cc1. The number of likely N-dealkylation sites (N-methyl/N-ethyl adjacent to an activating group) is 1. The van der Waals surface area contributed by atoms with E-state index in [1.165, 1.54) is 0 Å². The Kier molecular flexibility index (Phi) is 8.45. The number of aliphatic hydroxyl groups excluding tert-OH is 1. The fourth-order valence-electron chi connectivity index (χ4n) is 4.04. The van der Waals surface area contributed by atoms with E-state index in [0.717, 1.165) is 5.69 Å². The van der Waals surface area contributed by atoms with Gasteiger partial charge in [0.15, 0.2) is 5.75 Å². The van der Waals surface area contributed by atoms with Crippen LogP contribution in [0.1, 0.15) is 24.2 Å². The molecule has 0 saturated heterocycles. The molecule has 2 N–H and O–H groups in total. The van der Waals surface area contributed by atoms with Crippen LogP contribution in [0.25, 0.3) is 0 Å². The first-order chi connectivity index (χ1) is 16.7. The quantitative estimate of drug-likeness (QED) is 0.627. The third-order valence-electron chi connectivity index (χ3n) is 6.29. The average Bonchev–Trinajstić information content (AvgIpc) is 2.85. The molecule has 3 rings (SSSR count). The number of carbonyl (C=O) groups is 2. The molecule has 0 unspecified atom stereocenters. The molecule has 1 heterocycles. The lowest BCUT2D eigenvalue weighted by atomic mass is 9.99. The van der Waals surface area contributed by atoms with Crippen molar-refractivity contribution in [2.45, 2.75) is 26.0 Å². The molecule has 2 aromatic carbocycles.